The van der Waals surface area contributed by atoms with Crippen molar-refractivity contribution in [2.24, 2.45) is 0 Å². The molecule has 8 heteroatoms. The van der Waals surface area contributed by atoms with Crippen molar-refractivity contribution in [3.8, 4) is 0 Å². The van der Waals surface area contributed by atoms with Gasteiger partial charge in [0.2, 0.25) is 0 Å². The van der Waals surface area contributed by atoms with Crippen LogP contribution in [0.2, 0.25) is 0 Å². The molecular weight excluding hydrogens is 344 g/mol. The van der Waals surface area contributed by atoms with Crippen molar-refractivity contribution in [1.29, 1.82) is 0 Å². The van der Waals surface area contributed by atoms with Gasteiger partial charge < -0.3 is 29.5 Å². The van der Waals surface area contributed by atoms with Crippen LogP contribution in [0.25, 0.3) is 0 Å². The molecule has 26 heavy (non-hydrogen) atoms. The zero-order valence-electron chi connectivity index (χ0n) is 14.5. The Morgan fingerprint density at radius 3 is 2.42 bits per heavy atom. The molecule has 5 atom stereocenters. The van der Waals surface area contributed by atoms with Crippen molar-refractivity contribution in [2.75, 3.05) is 13.2 Å². The van der Waals surface area contributed by atoms with Crippen molar-refractivity contribution < 1.29 is 39.1 Å². The maximum absolute atomic E-state index is 12.0. The number of benzene rings is 1. The molecule has 0 aromatic heterocycles. The van der Waals surface area contributed by atoms with E-state index < -0.39 is 42.5 Å². The summed E-state index contributed by atoms with van der Waals surface area (Å²) < 4.78 is 15.9. The van der Waals surface area contributed by atoms with Gasteiger partial charge in [-0.15, -0.1) is 0 Å². The van der Waals surface area contributed by atoms with Crippen LogP contribution in [0.1, 0.15) is 30.1 Å². The Morgan fingerprint density at radius 2 is 1.81 bits per heavy atom. The van der Waals surface area contributed by atoms with Crippen molar-refractivity contribution in [2.45, 2.75) is 50.3 Å². The largest absolute Gasteiger partial charge is 0.459 e. The molecule has 1 aliphatic rings. The average molecular weight is 368 g/mol. The van der Waals surface area contributed by atoms with Crippen molar-refractivity contribution >= 4 is 11.9 Å². The molecule has 8 nitrogen and oxygen atoms in total. The summed E-state index contributed by atoms with van der Waals surface area (Å²) >= 11 is 0. The van der Waals surface area contributed by atoms with Gasteiger partial charge in [0, 0.05) is 13.5 Å². The van der Waals surface area contributed by atoms with Crippen LogP contribution in [0.15, 0.2) is 30.3 Å². The normalized spacial score (nSPS) is 28.4. The van der Waals surface area contributed by atoms with E-state index in [1.807, 2.05) is 0 Å². The highest BCUT2D eigenvalue weighted by Gasteiger charge is 2.46. The maximum Gasteiger partial charge on any atom is 0.338 e. The number of esters is 2. The summed E-state index contributed by atoms with van der Waals surface area (Å²) in [7, 11) is 0. The summed E-state index contributed by atoms with van der Waals surface area (Å²) in [5.41, 5.74) is 0.355. The molecule has 0 radical (unpaired) electrons. The molecule has 2 rings (SSSR count). The molecule has 1 aromatic rings. The molecule has 0 aliphatic carbocycles. The van der Waals surface area contributed by atoms with Gasteiger partial charge >= 0.3 is 11.9 Å². The minimum atomic E-state index is -1.40. The van der Waals surface area contributed by atoms with Gasteiger partial charge in [0.05, 0.1) is 11.7 Å². The van der Waals surface area contributed by atoms with Crippen LogP contribution >= 0.6 is 0 Å². The van der Waals surface area contributed by atoms with E-state index >= 15 is 0 Å². The van der Waals surface area contributed by atoms with Crippen LogP contribution in [-0.4, -0.2) is 71.0 Å². The maximum atomic E-state index is 12.0. The molecule has 1 fully saturated rings. The number of aliphatic hydroxyl groups excluding tert-OH is 3. The summed E-state index contributed by atoms with van der Waals surface area (Å²) in [5.74, 6) is -1.20. The number of carbonyl (C=O) groups is 2. The highest BCUT2D eigenvalue weighted by molar-refractivity contribution is 5.89. The Morgan fingerprint density at radius 1 is 1.12 bits per heavy atom. The van der Waals surface area contributed by atoms with E-state index in [0.29, 0.717) is 18.4 Å². The topological polar surface area (TPSA) is 123 Å². The number of carbonyl (C=O) groups excluding carboxylic acids is 2. The first-order valence-corrected chi connectivity index (χ1v) is 8.46. The first-order valence-electron chi connectivity index (χ1n) is 8.46. The first-order chi connectivity index (χ1) is 12.4. The number of hydrogen-bond acceptors (Lipinski definition) is 8. The quantitative estimate of drug-likeness (QED) is 0.577. The molecule has 0 bridgehead atoms. The lowest BCUT2D eigenvalue weighted by Crippen LogP contribution is -2.60. The van der Waals surface area contributed by atoms with E-state index in [1.165, 1.54) is 6.92 Å². The second-order valence-corrected chi connectivity index (χ2v) is 6.10. The van der Waals surface area contributed by atoms with Gasteiger partial charge in [-0.1, -0.05) is 18.2 Å². The molecule has 1 aromatic carbocycles. The lowest BCUT2D eigenvalue weighted by molar-refractivity contribution is -0.239. The minimum absolute atomic E-state index is 0.0983. The third kappa shape index (κ3) is 5.25. The molecule has 1 heterocycles. The second kappa shape index (κ2) is 9.63. The van der Waals surface area contributed by atoms with Crippen LogP contribution in [0, 0.1) is 0 Å². The minimum Gasteiger partial charge on any atom is -0.459 e. The van der Waals surface area contributed by atoms with Crippen LogP contribution in [0.4, 0.5) is 0 Å². The smallest absolute Gasteiger partial charge is 0.338 e. The Kier molecular flexibility index (Phi) is 7.52. The zero-order valence-corrected chi connectivity index (χ0v) is 14.5. The monoisotopic (exact) mass is 368 g/mol. The van der Waals surface area contributed by atoms with Gasteiger partial charge in [-0.2, -0.15) is 0 Å². The van der Waals surface area contributed by atoms with Gasteiger partial charge in [-0.25, -0.2) is 4.79 Å². The summed E-state index contributed by atoms with van der Waals surface area (Å²) in [6.45, 7) is 0.823. The van der Waals surface area contributed by atoms with Crippen molar-refractivity contribution in [3.05, 3.63) is 35.9 Å². The fourth-order valence-corrected chi connectivity index (χ4v) is 2.83. The lowest BCUT2D eigenvalue weighted by atomic mass is 9.92. The molecule has 1 aliphatic heterocycles. The standard InChI is InChI=1S/C18H24O8/c1-11(20)25-17-13(8-5-9-19)26-14(15(21)16(17)22)10-24-18(23)12-6-3-2-4-7-12/h2-4,6-7,13-17,19,21-22H,5,8-10H2,1H3/t13-,14+,15+,16-,17-/m0/s1. The Hall–Kier alpha value is -2.00. The van der Waals surface area contributed by atoms with E-state index in [9.17, 15) is 19.8 Å². The van der Waals surface area contributed by atoms with Gasteiger partial charge in [-0.3, -0.25) is 4.79 Å². The Bertz CT molecular complexity index is 590. The van der Waals surface area contributed by atoms with Crippen LogP contribution in [0.3, 0.4) is 0 Å². The summed E-state index contributed by atoms with van der Waals surface area (Å²) in [6, 6.07) is 8.34. The van der Waals surface area contributed by atoms with Gasteiger partial charge in [0.1, 0.15) is 24.9 Å². The molecule has 144 valence electrons. The SMILES string of the molecule is CC(=O)O[C@@H]1[C@@H](O)[C@H](O)[C@@H](COC(=O)c2ccccc2)O[C@H]1CCCO. The predicted octanol–water partition coefficient (Wildman–Crippen LogP) is 0.0368. The van der Waals surface area contributed by atoms with Gasteiger partial charge in [0.25, 0.3) is 0 Å². The second-order valence-electron chi connectivity index (χ2n) is 6.10. The average Bonchev–Trinajstić information content (AvgIpc) is 2.64. The molecule has 0 spiro atoms. The van der Waals surface area contributed by atoms with E-state index in [0.717, 1.165) is 0 Å². The van der Waals surface area contributed by atoms with Crippen LogP contribution in [-0.2, 0) is 19.0 Å². The van der Waals surface area contributed by atoms with E-state index in [1.54, 1.807) is 30.3 Å². The lowest BCUT2D eigenvalue weighted by Gasteiger charge is -2.42. The number of hydrogen-bond donors (Lipinski definition) is 3. The Balaban J connectivity index is 2.01. The number of rotatable bonds is 7. The molecular formula is C18H24O8. The summed E-state index contributed by atoms with van der Waals surface area (Å²) in [6.07, 6.45) is -4.89. The summed E-state index contributed by atoms with van der Waals surface area (Å²) in [4.78, 5) is 23.3. The fourth-order valence-electron chi connectivity index (χ4n) is 2.83. The number of aliphatic hydroxyl groups is 3. The highest BCUT2D eigenvalue weighted by atomic mass is 16.6. The fraction of sp³-hybridized carbons (Fsp3) is 0.556. The molecule has 0 saturated carbocycles. The molecule has 3 N–H and O–H groups in total. The zero-order chi connectivity index (χ0) is 19.1. The molecule has 1 saturated heterocycles. The third-order valence-electron chi connectivity index (χ3n) is 4.12. The van der Waals surface area contributed by atoms with Crippen LogP contribution < -0.4 is 0 Å². The molecule has 0 amide bonds. The predicted molar refractivity (Wildman–Crippen MR) is 89.3 cm³/mol. The van der Waals surface area contributed by atoms with Gasteiger partial charge in [0.15, 0.2) is 6.10 Å². The first kappa shape index (κ1) is 20.3. The van der Waals surface area contributed by atoms with Gasteiger partial charge in [-0.05, 0) is 25.0 Å². The van der Waals surface area contributed by atoms with E-state index in [4.69, 9.17) is 19.3 Å². The van der Waals surface area contributed by atoms with E-state index in [-0.39, 0.29) is 13.2 Å². The Labute approximate surface area is 151 Å². The summed E-state index contributed by atoms with van der Waals surface area (Å²) in [5, 5.41) is 29.5. The number of ether oxygens (including phenoxy) is 3. The highest BCUT2D eigenvalue weighted by Crippen LogP contribution is 2.27. The molecule has 0 unspecified atom stereocenters. The van der Waals surface area contributed by atoms with Crippen molar-refractivity contribution in [3.63, 3.8) is 0 Å². The van der Waals surface area contributed by atoms with Crippen LogP contribution in [0.5, 0.6) is 0 Å². The van der Waals surface area contributed by atoms with E-state index in [2.05, 4.69) is 0 Å². The van der Waals surface area contributed by atoms with Crippen molar-refractivity contribution in [1.82, 2.24) is 0 Å². The third-order valence-corrected chi connectivity index (χ3v) is 4.12.